The number of nitrogens with zero attached hydrogens (tertiary/aromatic N) is 3. The first kappa shape index (κ1) is 13.2. The third-order valence-corrected chi connectivity index (χ3v) is 3.65. The quantitative estimate of drug-likeness (QED) is 0.895. The molecule has 0 radical (unpaired) electrons. The molecule has 2 rings (SSSR count). The first-order valence-electron chi connectivity index (χ1n) is 6.06. The first-order valence-corrected chi connectivity index (χ1v) is 6.44. The number of hydrogen-bond donors (Lipinski definition) is 1. The van der Waals surface area contributed by atoms with Crippen LogP contribution >= 0.6 is 11.6 Å². The lowest BCUT2D eigenvalue weighted by atomic mass is 9.93. The molecule has 6 heteroatoms. The number of primary amides is 1. The maximum Gasteiger partial charge on any atom is 0.221 e. The number of piperidine rings is 1. The third-order valence-electron chi connectivity index (χ3n) is 3.45. The van der Waals surface area contributed by atoms with E-state index in [0.717, 1.165) is 18.5 Å². The summed E-state index contributed by atoms with van der Waals surface area (Å²) in [5.41, 5.74) is 6.23. The van der Waals surface area contributed by atoms with Crippen LogP contribution in [0.4, 0.5) is 0 Å². The van der Waals surface area contributed by atoms with Crippen LogP contribution in [0.25, 0.3) is 0 Å². The zero-order chi connectivity index (χ0) is 13.1. The second-order valence-electron chi connectivity index (χ2n) is 4.79. The highest BCUT2D eigenvalue weighted by Crippen LogP contribution is 2.23. The number of carbonyl (C=O) groups excluding carboxylic acids is 1. The topological polar surface area (TPSA) is 72.1 Å². The summed E-state index contributed by atoms with van der Waals surface area (Å²) >= 11 is 5.70. The number of amides is 1. The van der Waals surface area contributed by atoms with E-state index in [9.17, 15) is 4.79 Å². The summed E-state index contributed by atoms with van der Waals surface area (Å²) < 4.78 is 0. The van der Waals surface area contributed by atoms with Crippen molar-refractivity contribution in [1.29, 1.82) is 0 Å². The summed E-state index contributed by atoms with van der Waals surface area (Å²) in [6.45, 7) is 3.52. The van der Waals surface area contributed by atoms with Crippen LogP contribution in [0.3, 0.4) is 0 Å². The Balaban J connectivity index is 2.02. The van der Waals surface area contributed by atoms with E-state index in [1.165, 1.54) is 6.20 Å². The van der Waals surface area contributed by atoms with Gasteiger partial charge in [-0.2, -0.15) is 0 Å². The molecule has 2 heterocycles. The van der Waals surface area contributed by atoms with Crippen LogP contribution in [0.2, 0.25) is 5.15 Å². The van der Waals surface area contributed by atoms with Gasteiger partial charge >= 0.3 is 0 Å². The van der Waals surface area contributed by atoms with E-state index in [4.69, 9.17) is 17.3 Å². The van der Waals surface area contributed by atoms with Crippen molar-refractivity contribution in [1.82, 2.24) is 14.9 Å². The van der Waals surface area contributed by atoms with E-state index in [-0.39, 0.29) is 11.8 Å². The minimum absolute atomic E-state index is 0.0542. The second-order valence-corrected chi connectivity index (χ2v) is 5.17. The van der Waals surface area contributed by atoms with Gasteiger partial charge in [0.1, 0.15) is 5.15 Å². The third kappa shape index (κ3) is 3.17. The average Bonchev–Trinajstić information content (AvgIpc) is 2.34. The molecule has 2 N–H and O–H groups in total. The molecule has 1 amide bonds. The van der Waals surface area contributed by atoms with E-state index in [1.807, 2.05) is 0 Å². The summed E-state index contributed by atoms with van der Waals surface area (Å²) in [5, 5.41) is 0.389. The van der Waals surface area contributed by atoms with Crippen molar-refractivity contribution in [2.45, 2.75) is 32.4 Å². The molecule has 1 saturated heterocycles. The van der Waals surface area contributed by atoms with Crippen LogP contribution in [-0.2, 0) is 11.3 Å². The molecule has 0 saturated carbocycles. The van der Waals surface area contributed by atoms with Gasteiger partial charge in [0.25, 0.3) is 0 Å². The molecule has 1 aliphatic rings. The predicted molar refractivity (Wildman–Crippen MR) is 68.8 cm³/mol. The monoisotopic (exact) mass is 268 g/mol. The summed E-state index contributed by atoms with van der Waals surface area (Å²) in [6.07, 6.45) is 5.06. The lowest BCUT2D eigenvalue weighted by Crippen LogP contribution is -2.45. The largest absolute Gasteiger partial charge is 0.369 e. The molecule has 5 nitrogen and oxygen atoms in total. The van der Waals surface area contributed by atoms with Crippen molar-refractivity contribution in [3.63, 3.8) is 0 Å². The number of nitrogens with two attached hydrogens (primary N) is 1. The van der Waals surface area contributed by atoms with Gasteiger partial charge in [-0.15, -0.1) is 0 Å². The Labute approximate surface area is 111 Å². The van der Waals surface area contributed by atoms with E-state index in [1.54, 1.807) is 6.20 Å². The molecular weight excluding hydrogens is 252 g/mol. The van der Waals surface area contributed by atoms with Crippen LogP contribution in [0.15, 0.2) is 12.4 Å². The zero-order valence-electron chi connectivity index (χ0n) is 10.3. The lowest BCUT2D eigenvalue weighted by molar-refractivity contribution is -0.124. The molecule has 1 fully saturated rings. The average molecular weight is 269 g/mol. The molecule has 1 aliphatic heterocycles. The van der Waals surface area contributed by atoms with Crippen LogP contribution in [0, 0.1) is 5.92 Å². The molecule has 1 aromatic rings. The maximum absolute atomic E-state index is 11.3. The summed E-state index contributed by atoms with van der Waals surface area (Å²) in [4.78, 5) is 21.7. The Kier molecular flexibility index (Phi) is 4.14. The molecule has 2 unspecified atom stereocenters. The van der Waals surface area contributed by atoms with Crippen molar-refractivity contribution in [3.8, 4) is 0 Å². The number of halogens is 1. The van der Waals surface area contributed by atoms with E-state index in [2.05, 4.69) is 21.8 Å². The highest BCUT2D eigenvalue weighted by atomic mass is 35.5. The van der Waals surface area contributed by atoms with Crippen molar-refractivity contribution in [2.75, 3.05) is 6.54 Å². The predicted octanol–water partition coefficient (Wildman–Crippen LogP) is 1.22. The number of rotatable bonds is 3. The van der Waals surface area contributed by atoms with Crippen LogP contribution in [0.5, 0.6) is 0 Å². The van der Waals surface area contributed by atoms with Crippen LogP contribution < -0.4 is 5.73 Å². The Bertz CT molecular complexity index is 423. The summed E-state index contributed by atoms with van der Waals surface area (Å²) in [6, 6.07) is 0.429. The molecule has 98 valence electrons. The molecule has 2 atom stereocenters. The standard InChI is InChI=1S/C12H17ClN4O/c1-8-2-3-9(12(14)18)6-17(8)7-10-4-16-11(13)5-15-10/h4-5,8-9H,2-3,6-7H2,1H3,(H2,14,18). The number of hydrogen-bond acceptors (Lipinski definition) is 4. The molecule has 0 bridgehead atoms. The maximum atomic E-state index is 11.3. The van der Waals surface area contributed by atoms with Gasteiger partial charge in [-0.1, -0.05) is 11.6 Å². The Morgan fingerprint density at radius 3 is 2.89 bits per heavy atom. The minimum atomic E-state index is -0.214. The van der Waals surface area contributed by atoms with Gasteiger partial charge < -0.3 is 5.73 Å². The van der Waals surface area contributed by atoms with Gasteiger partial charge in [0.15, 0.2) is 0 Å². The summed E-state index contributed by atoms with van der Waals surface area (Å²) in [5.74, 6) is -0.268. The van der Waals surface area contributed by atoms with Crippen molar-refractivity contribution < 1.29 is 4.79 Å². The van der Waals surface area contributed by atoms with Gasteiger partial charge in [-0.05, 0) is 19.8 Å². The summed E-state index contributed by atoms with van der Waals surface area (Å²) in [7, 11) is 0. The molecular formula is C12H17ClN4O. The molecule has 0 spiro atoms. The highest BCUT2D eigenvalue weighted by Gasteiger charge is 2.28. The Morgan fingerprint density at radius 1 is 1.50 bits per heavy atom. The minimum Gasteiger partial charge on any atom is -0.369 e. The SMILES string of the molecule is CC1CCC(C(N)=O)CN1Cc1cnc(Cl)cn1. The molecule has 1 aromatic heterocycles. The normalized spacial score (nSPS) is 25.0. The molecule has 18 heavy (non-hydrogen) atoms. The van der Waals surface area contributed by atoms with E-state index >= 15 is 0 Å². The first-order chi connectivity index (χ1) is 8.56. The second kappa shape index (κ2) is 5.63. The van der Waals surface area contributed by atoms with Gasteiger partial charge in [-0.3, -0.25) is 14.7 Å². The smallest absolute Gasteiger partial charge is 0.221 e. The number of carbonyl (C=O) groups is 1. The van der Waals surface area contributed by atoms with E-state index in [0.29, 0.717) is 24.3 Å². The van der Waals surface area contributed by atoms with Crippen LogP contribution in [0.1, 0.15) is 25.5 Å². The van der Waals surface area contributed by atoms with E-state index < -0.39 is 0 Å². The fourth-order valence-corrected chi connectivity index (χ4v) is 2.36. The highest BCUT2D eigenvalue weighted by molar-refractivity contribution is 6.29. The van der Waals surface area contributed by atoms with Crippen molar-refractivity contribution in [2.24, 2.45) is 11.7 Å². The van der Waals surface area contributed by atoms with Gasteiger partial charge in [0, 0.05) is 19.1 Å². The van der Waals surface area contributed by atoms with Crippen molar-refractivity contribution >= 4 is 17.5 Å². The number of aromatic nitrogens is 2. The van der Waals surface area contributed by atoms with Gasteiger partial charge in [0.2, 0.25) is 5.91 Å². The molecule has 0 aliphatic carbocycles. The lowest BCUT2D eigenvalue weighted by Gasteiger charge is -2.36. The Hall–Kier alpha value is -1.20. The van der Waals surface area contributed by atoms with Crippen molar-refractivity contribution in [3.05, 3.63) is 23.2 Å². The number of likely N-dealkylation sites (tertiary alicyclic amines) is 1. The van der Waals surface area contributed by atoms with Gasteiger partial charge in [-0.25, -0.2) is 4.98 Å². The van der Waals surface area contributed by atoms with Gasteiger partial charge in [0.05, 0.1) is 24.0 Å². The molecule has 0 aromatic carbocycles. The fraction of sp³-hybridized carbons (Fsp3) is 0.583. The van der Waals surface area contributed by atoms with Crippen LogP contribution in [-0.4, -0.2) is 33.4 Å². The Morgan fingerprint density at radius 2 is 2.28 bits per heavy atom. The fourth-order valence-electron chi connectivity index (χ4n) is 2.26. The zero-order valence-corrected chi connectivity index (χ0v) is 11.1.